The Morgan fingerprint density at radius 1 is 1.19 bits per heavy atom. The third-order valence-corrected chi connectivity index (χ3v) is 4.07. The van der Waals surface area contributed by atoms with Gasteiger partial charge in [0.15, 0.2) is 0 Å². The number of likely N-dealkylation sites (N-methyl/N-ethyl adjacent to an activating group) is 1. The SMILES string of the molecule is Cc1c(Cl)nc(C(C)(C)C)nc1N1CCCN(C)C(=O)C1. The van der Waals surface area contributed by atoms with Crippen molar-refractivity contribution in [1.82, 2.24) is 14.9 Å². The standard InChI is InChI=1S/C15H23ClN4O/c1-10-12(16)17-14(15(2,3)4)18-13(10)20-8-6-7-19(5)11(21)9-20/h6-9H2,1-5H3. The van der Waals surface area contributed by atoms with Crippen LogP contribution in [-0.4, -0.2) is 47.5 Å². The highest BCUT2D eigenvalue weighted by atomic mass is 35.5. The van der Waals surface area contributed by atoms with Crippen molar-refractivity contribution in [3.63, 3.8) is 0 Å². The molecule has 0 radical (unpaired) electrons. The predicted molar refractivity (Wildman–Crippen MR) is 84.9 cm³/mol. The molecule has 1 saturated heterocycles. The molecule has 21 heavy (non-hydrogen) atoms. The Kier molecular flexibility index (Phi) is 4.42. The predicted octanol–water partition coefficient (Wildman–Crippen LogP) is 2.40. The minimum atomic E-state index is -0.182. The molecule has 0 aliphatic carbocycles. The molecule has 5 nitrogen and oxygen atoms in total. The minimum absolute atomic E-state index is 0.110. The van der Waals surface area contributed by atoms with E-state index in [0.717, 1.165) is 30.9 Å². The Bertz CT molecular complexity index is 553. The van der Waals surface area contributed by atoms with Crippen molar-refractivity contribution in [3.05, 3.63) is 16.5 Å². The summed E-state index contributed by atoms with van der Waals surface area (Å²) in [5.41, 5.74) is 0.653. The Morgan fingerprint density at radius 3 is 2.48 bits per heavy atom. The molecule has 6 heteroatoms. The molecule has 116 valence electrons. The lowest BCUT2D eigenvalue weighted by Crippen LogP contribution is -2.35. The summed E-state index contributed by atoms with van der Waals surface area (Å²) in [5, 5.41) is 0.468. The summed E-state index contributed by atoms with van der Waals surface area (Å²) in [6.07, 6.45) is 0.925. The zero-order chi connectivity index (χ0) is 15.8. The van der Waals surface area contributed by atoms with E-state index >= 15 is 0 Å². The number of anilines is 1. The number of rotatable bonds is 1. The molecular formula is C15H23ClN4O. The van der Waals surface area contributed by atoms with E-state index in [1.54, 1.807) is 4.90 Å². The summed E-state index contributed by atoms with van der Waals surface area (Å²) in [6, 6.07) is 0. The van der Waals surface area contributed by atoms with Gasteiger partial charge in [-0.15, -0.1) is 0 Å². The second kappa shape index (κ2) is 5.79. The zero-order valence-corrected chi connectivity index (χ0v) is 14.2. The van der Waals surface area contributed by atoms with Crippen LogP contribution in [0.5, 0.6) is 0 Å². The van der Waals surface area contributed by atoms with E-state index in [4.69, 9.17) is 11.6 Å². The van der Waals surface area contributed by atoms with Crippen LogP contribution in [0.1, 0.15) is 38.6 Å². The van der Waals surface area contributed by atoms with E-state index in [9.17, 15) is 4.79 Å². The highest BCUT2D eigenvalue weighted by molar-refractivity contribution is 6.30. The lowest BCUT2D eigenvalue weighted by molar-refractivity contribution is -0.127. The molecule has 1 aliphatic rings. The van der Waals surface area contributed by atoms with Crippen LogP contribution in [0.2, 0.25) is 5.15 Å². The van der Waals surface area contributed by atoms with E-state index in [-0.39, 0.29) is 11.3 Å². The summed E-state index contributed by atoms with van der Waals surface area (Å²) in [5.74, 6) is 1.60. The fourth-order valence-corrected chi connectivity index (χ4v) is 2.45. The normalized spacial score (nSPS) is 17.1. The van der Waals surface area contributed by atoms with Gasteiger partial charge in [0.1, 0.15) is 16.8 Å². The first-order valence-corrected chi connectivity index (χ1v) is 7.61. The molecule has 1 aromatic heterocycles. The Morgan fingerprint density at radius 2 is 1.86 bits per heavy atom. The van der Waals surface area contributed by atoms with E-state index in [2.05, 4.69) is 30.7 Å². The van der Waals surface area contributed by atoms with Crippen LogP contribution >= 0.6 is 11.6 Å². The van der Waals surface area contributed by atoms with Crippen molar-refractivity contribution in [2.75, 3.05) is 31.6 Å². The number of aromatic nitrogens is 2. The molecule has 0 spiro atoms. The number of amides is 1. The Hall–Kier alpha value is -1.36. The first-order valence-electron chi connectivity index (χ1n) is 7.23. The van der Waals surface area contributed by atoms with E-state index in [1.165, 1.54) is 0 Å². The van der Waals surface area contributed by atoms with Gasteiger partial charge >= 0.3 is 0 Å². The van der Waals surface area contributed by atoms with Gasteiger partial charge in [-0.25, -0.2) is 9.97 Å². The second-order valence-electron chi connectivity index (χ2n) is 6.63. The largest absolute Gasteiger partial charge is 0.347 e. The fraction of sp³-hybridized carbons (Fsp3) is 0.667. The van der Waals surface area contributed by atoms with Crippen LogP contribution < -0.4 is 4.90 Å². The Labute approximate surface area is 131 Å². The fourth-order valence-electron chi connectivity index (χ4n) is 2.29. The van der Waals surface area contributed by atoms with Crippen molar-refractivity contribution in [2.24, 2.45) is 0 Å². The molecule has 0 aromatic carbocycles. The van der Waals surface area contributed by atoms with Gasteiger partial charge in [-0.3, -0.25) is 4.79 Å². The highest BCUT2D eigenvalue weighted by Gasteiger charge is 2.26. The van der Waals surface area contributed by atoms with Crippen LogP contribution in [0.4, 0.5) is 5.82 Å². The second-order valence-corrected chi connectivity index (χ2v) is 6.99. The summed E-state index contributed by atoms with van der Waals surface area (Å²) >= 11 is 6.28. The third-order valence-electron chi connectivity index (χ3n) is 3.70. The topological polar surface area (TPSA) is 49.3 Å². The number of carbonyl (C=O) groups excluding carboxylic acids is 1. The summed E-state index contributed by atoms with van der Waals surface area (Å²) in [4.78, 5) is 24.9. The highest BCUT2D eigenvalue weighted by Crippen LogP contribution is 2.28. The van der Waals surface area contributed by atoms with E-state index < -0.39 is 0 Å². The lowest BCUT2D eigenvalue weighted by atomic mass is 9.95. The van der Waals surface area contributed by atoms with E-state index in [1.807, 2.05) is 18.9 Å². The zero-order valence-electron chi connectivity index (χ0n) is 13.4. The molecule has 2 rings (SSSR count). The van der Waals surface area contributed by atoms with Gasteiger partial charge in [0.05, 0.1) is 6.54 Å². The quantitative estimate of drug-likeness (QED) is 0.747. The smallest absolute Gasteiger partial charge is 0.241 e. The third kappa shape index (κ3) is 3.46. The van der Waals surface area contributed by atoms with Crippen LogP contribution in [0.25, 0.3) is 0 Å². The van der Waals surface area contributed by atoms with Gasteiger partial charge in [-0.05, 0) is 13.3 Å². The average Bonchev–Trinajstić information content (AvgIpc) is 2.54. The van der Waals surface area contributed by atoms with Crippen molar-refractivity contribution in [2.45, 2.75) is 39.5 Å². The molecular weight excluding hydrogens is 288 g/mol. The Balaban J connectivity index is 2.42. The summed E-state index contributed by atoms with van der Waals surface area (Å²) in [7, 11) is 1.84. The monoisotopic (exact) mass is 310 g/mol. The van der Waals surface area contributed by atoms with Gasteiger partial charge in [-0.1, -0.05) is 32.4 Å². The first kappa shape index (κ1) is 16.0. The number of carbonyl (C=O) groups is 1. The first-order chi connectivity index (χ1) is 9.70. The van der Waals surface area contributed by atoms with E-state index in [0.29, 0.717) is 17.5 Å². The molecule has 0 unspecified atom stereocenters. The average molecular weight is 311 g/mol. The van der Waals surface area contributed by atoms with Crippen LogP contribution in [-0.2, 0) is 10.2 Å². The van der Waals surface area contributed by atoms with Crippen molar-refractivity contribution in [3.8, 4) is 0 Å². The molecule has 0 N–H and O–H groups in total. The van der Waals surface area contributed by atoms with Gasteiger partial charge in [0.25, 0.3) is 0 Å². The maximum absolute atomic E-state index is 12.1. The molecule has 2 heterocycles. The molecule has 0 bridgehead atoms. The summed E-state index contributed by atoms with van der Waals surface area (Å²) < 4.78 is 0. The van der Waals surface area contributed by atoms with Crippen molar-refractivity contribution < 1.29 is 4.79 Å². The lowest BCUT2D eigenvalue weighted by Gasteiger charge is -2.25. The van der Waals surface area contributed by atoms with Gasteiger partial charge in [0, 0.05) is 31.1 Å². The number of hydrogen-bond donors (Lipinski definition) is 0. The molecule has 1 amide bonds. The van der Waals surface area contributed by atoms with Gasteiger partial charge in [-0.2, -0.15) is 0 Å². The van der Waals surface area contributed by atoms with Gasteiger partial charge in [0.2, 0.25) is 5.91 Å². The summed E-state index contributed by atoms with van der Waals surface area (Å²) in [6.45, 7) is 9.99. The number of hydrogen-bond acceptors (Lipinski definition) is 4. The number of nitrogens with zero attached hydrogens (tertiary/aromatic N) is 4. The van der Waals surface area contributed by atoms with Crippen molar-refractivity contribution >= 4 is 23.3 Å². The van der Waals surface area contributed by atoms with Crippen LogP contribution in [0.3, 0.4) is 0 Å². The minimum Gasteiger partial charge on any atom is -0.347 e. The molecule has 0 saturated carbocycles. The van der Waals surface area contributed by atoms with Crippen molar-refractivity contribution in [1.29, 1.82) is 0 Å². The number of halogens is 1. The molecule has 1 aliphatic heterocycles. The molecule has 0 atom stereocenters. The van der Waals surface area contributed by atoms with Gasteiger partial charge < -0.3 is 9.80 Å². The van der Waals surface area contributed by atoms with Crippen LogP contribution in [0, 0.1) is 6.92 Å². The molecule has 1 aromatic rings. The maximum atomic E-state index is 12.1. The molecule has 1 fully saturated rings. The van der Waals surface area contributed by atoms with Crippen LogP contribution in [0.15, 0.2) is 0 Å². The maximum Gasteiger partial charge on any atom is 0.241 e.